The summed E-state index contributed by atoms with van der Waals surface area (Å²) in [7, 11) is 1.41. The van der Waals surface area contributed by atoms with Crippen LogP contribution in [0.3, 0.4) is 0 Å². The predicted octanol–water partition coefficient (Wildman–Crippen LogP) is 3.14. The molecule has 1 rings (SSSR count). The molecule has 0 amide bonds. The molecule has 0 unspecified atom stereocenters. The number of carbonyl (C=O) groups excluding carboxylic acids is 1. The van der Waals surface area contributed by atoms with E-state index in [1.54, 1.807) is 18.2 Å². The predicted molar refractivity (Wildman–Crippen MR) is 92.9 cm³/mol. The van der Waals surface area contributed by atoms with Crippen molar-refractivity contribution in [2.45, 2.75) is 0 Å². The number of hydrogen-bond donors (Lipinski definition) is 0. The monoisotopic (exact) mass is 331 g/mol. The van der Waals surface area contributed by atoms with Gasteiger partial charge in [-0.2, -0.15) is 0 Å². The van der Waals surface area contributed by atoms with Gasteiger partial charge in [0, 0.05) is 5.56 Å². The molecule has 0 N–H and O–H groups in total. The summed E-state index contributed by atoms with van der Waals surface area (Å²) in [5.41, 5.74) is 0.797. The molecule has 0 heterocycles. The molecule has 0 saturated heterocycles. The Kier molecular flexibility index (Phi) is 8.45. The molecule has 24 heavy (non-hydrogen) atoms. The number of rotatable bonds is 11. The summed E-state index contributed by atoms with van der Waals surface area (Å²) in [6.07, 6.45) is 6.09. The molecule has 0 aliphatic rings. The zero-order valence-electron chi connectivity index (χ0n) is 13.7. The highest BCUT2D eigenvalue weighted by Crippen LogP contribution is 2.33. The van der Waals surface area contributed by atoms with E-state index in [2.05, 4.69) is 24.9 Å². The van der Waals surface area contributed by atoms with Crippen LogP contribution in [0.5, 0.6) is 11.5 Å². The van der Waals surface area contributed by atoms with Crippen molar-refractivity contribution in [3.8, 4) is 11.5 Å². The van der Waals surface area contributed by atoms with Crippen LogP contribution in [-0.4, -0.2) is 39.1 Å². The van der Waals surface area contributed by atoms with E-state index in [4.69, 9.17) is 19.0 Å². The Morgan fingerprint density at radius 2 is 1.75 bits per heavy atom. The summed E-state index contributed by atoms with van der Waals surface area (Å²) < 4.78 is 16.3. The van der Waals surface area contributed by atoms with Gasteiger partial charge < -0.3 is 19.0 Å². The first-order valence-corrected chi connectivity index (χ1v) is 7.17. The molecule has 6 nitrogen and oxygen atoms in total. The molecule has 0 aliphatic carbocycles. The van der Waals surface area contributed by atoms with E-state index in [0.29, 0.717) is 22.6 Å². The SMILES string of the molecule is C=CCOC(=O)c1cc(C=NOC)c(OCC=C)c(OCC=C)c1. The van der Waals surface area contributed by atoms with E-state index in [0.717, 1.165) is 0 Å². The highest BCUT2D eigenvalue weighted by molar-refractivity contribution is 5.95. The smallest absolute Gasteiger partial charge is 0.338 e. The minimum Gasteiger partial charge on any atom is -0.486 e. The molecule has 0 radical (unpaired) electrons. The first kappa shape index (κ1) is 19.0. The van der Waals surface area contributed by atoms with E-state index in [1.165, 1.54) is 25.5 Å². The van der Waals surface area contributed by atoms with Crippen LogP contribution in [0.1, 0.15) is 15.9 Å². The van der Waals surface area contributed by atoms with Gasteiger partial charge in [0.25, 0.3) is 0 Å². The van der Waals surface area contributed by atoms with Crippen molar-refractivity contribution < 1.29 is 23.8 Å². The highest BCUT2D eigenvalue weighted by atomic mass is 16.6. The third-order valence-electron chi connectivity index (χ3n) is 2.65. The van der Waals surface area contributed by atoms with Crippen LogP contribution in [0, 0.1) is 0 Å². The summed E-state index contributed by atoms with van der Waals surface area (Å²) in [4.78, 5) is 16.8. The number of nitrogens with zero attached hydrogens (tertiary/aromatic N) is 1. The van der Waals surface area contributed by atoms with E-state index >= 15 is 0 Å². The van der Waals surface area contributed by atoms with Gasteiger partial charge in [-0.1, -0.05) is 43.1 Å². The molecule has 0 aliphatic heterocycles. The Balaban J connectivity index is 3.33. The molecule has 1 aromatic rings. The van der Waals surface area contributed by atoms with Gasteiger partial charge in [-0.05, 0) is 12.1 Å². The number of benzene rings is 1. The zero-order valence-corrected chi connectivity index (χ0v) is 13.7. The van der Waals surface area contributed by atoms with Gasteiger partial charge in [-0.15, -0.1) is 0 Å². The van der Waals surface area contributed by atoms with Gasteiger partial charge in [-0.3, -0.25) is 0 Å². The molecule has 0 atom stereocenters. The number of esters is 1. The summed E-state index contributed by atoms with van der Waals surface area (Å²) in [5.74, 6) is 0.265. The standard InChI is InChI=1S/C18H21NO5/c1-5-8-22-16-12-14(18(20)24-10-7-3)11-15(13-19-21-4)17(16)23-9-6-2/h5-7,11-13H,1-3,8-10H2,4H3. The largest absolute Gasteiger partial charge is 0.486 e. The van der Waals surface area contributed by atoms with E-state index in [1.807, 2.05) is 0 Å². The van der Waals surface area contributed by atoms with Gasteiger partial charge in [-0.25, -0.2) is 4.79 Å². The van der Waals surface area contributed by atoms with Gasteiger partial charge in [0.2, 0.25) is 0 Å². The summed E-state index contributed by atoms with van der Waals surface area (Å²) in [6, 6.07) is 3.12. The summed E-state index contributed by atoms with van der Waals surface area (Å²) in [6.45, 7) is 11.3. The Labute approximate surface area is 141 Å². The van der Waals surface area contributed by atoms with Crippen LogP contribution >= 0.6 is 0 Å². The third-order valence-corrected chi connectivity index (χ3v) is 2.65. The molecular formula is C18H21NO5. The topological polar surface area (TPSA) is 66.4 Å². The minimum absolute atomic E-state index is 0.109. The fourth-order valence-corrected chi connectivity index (χ4v) is 1.72. The van der Waals surface area contributed by atoms with Crippen molar-refractivity contribution in [3.05, 3.63) is 61.2 Å². The molecule has 0 saturated carbocycles. The Hall–Kier alpha value is -3.02. The average Bonchev–Trinajstić information content (AvgIpc) is 2.60. The van der Waals surface area contributed by atoms with Crippen LogP contribution in [0.25, 0.3) is 0 Å². The summed E-state index contributed by atoms with van der Waals surface area (Å²) in [5, 5.41) is 3.72. The van der Waals surface area contributed by atoms with Crippen molar-refractivity contribution in [3.63, 3.8) is 0 Å². The van der Waals surface area contributed by atoms with Crippen LogP contribution < -0.4 is 9.47 Å². The molecule has 0 aromatic heterocycles. The molecule has 6 heteroatoms. The normalized spacial score (nSPS) is 10.0. The van der Waals surface area contributed by atoms with Crippen LogP contribution in [0.2, 0.25) is 0 Å². The van der Waals surface area contributed by atoms with Crippen LogP contribution in [0.15, 0.2) is 55.3 Å². The number of carbonyl (C=O) groups is 1. The first-order chi connectivity index (χ1) is 11.7. The lowest BCUT2D eigenvalue weighted by atomic mass is 10.1. The molecule has 128 valence electrons. The molecule has 0 fully saturated rings. The van der Waals surface area contributed by atoms with E-state index < -0.39 is 5.97 Å². The molecular weight excluding hydrogens is 310 g/mol. The Morgan fingerprint density at radius 1 is 1.08 bits per heavy atom. The lowest BCUT2D eigenvalue weighted by molar-refractivity contribution is 0.0549. The van der Waals surface area contributed by atoms with Crippen molar-refractivity contribution in [2.75, 3.05) is 26.9 Å². The van der Waals surface area contributed by atoms with Gasteiger partial charge in [0.1, 0.15) is 26.9 Å². The zero-order chi connectivity index (χ0) is 17.8. The maximum Gasteiger partial charge on any atom is 0.338 e. The van der Waals surface area contributed by atoms with Crippen LogP contribution in [0.4, 0.5) is 0 Å². The van der Waals surface area contributed by atoms with Crippen molar-refractivity contribution in [1.82, 2.24) is 0 Å². The lowest BCUT2D eigenvalue weighted by Gasteiger charge is -2.15. The van der Waals surface area contributed by atoms with E-state index in [-0.39, 0.29) is 19.8 Å². The van der Waals surface area contributed by atoms with Gasteiger partial charge >= 0.3 is 5.97 Å². The molecule has 0 spiro atoms. The molecule has 0 bridgehead atoms. The number of ether oxygens (including phenoxy) is 3. The second-order valence-corrected chi connectivity index (χ2v) is 4.40. The van der Waals surface area contributed by atoms with Crippen molar-refractivity contribution in [1.29, 1.82) is 0 Å². The van der Waals surface area contributed by atoms with E-state index in [9.17, 15) is 4.79 Å². The fourth-order valence-electron chi connectivity index (χ4n) is 1.72. The van der Waals surface area contributed by atoms with Crippen molar-refractivity contribution in [2.24, 2.45) is 5.16 Å². The van der Waals surface area contributed by atoms with Crippen molar-refractivity contribution >= 4 is 12.2 Å². The fraction of sp³-hybridized carbons (Fsp3) is 0.222. The quantitative estimate of drug-likeness (QED) is 0.270. The Morgan fingerprint density at radius 3 is 2.38 bits per heavy atom. The van der Waals surface area contributed by atoms with Gasteiger partial charge in [0.05, 0.1) is 11.8 Å². The maximum atomic E-state index is 12.1. The number of oxime groups is 1. The Bertz CT molecular complexity index is 622. The summed E-state index contributed by atoms with van der Waals surface area (Å²) >= 11 is 0. The van der Waals surface area contributed by atoms with Gasteiger partial charge in [0.15, 0.2) is 11.5 Å². The third kappa shape index (κ3) is 5.64. The highest BCUT2D eigenvalue weighted by Gasteiger charge is 2.17. The average molecular weight is 331 g/mol. The van der Waals surface area contributed by atoms with Crippen LogP contribution in [-0.2, 0) is 9.57 Å². The second kappa shape index (κ2) is 10.7. The molecule has 1 aromatic carbocycles. The maximum absolute atomic E-state index is 12.1. The second-order valence-electron chi connectivity index (χ2n) is 4.40. The minimum atomic E-state index is -0.513. The first-order valence-electron chi connectivity index (χ1n) is 7.17. The number of hydrogen-bond acceptors (Lipinski definition) is 6. The lowest BCUT2D eigenvalue weighted by Crippen LogP contribution is -2.09.